The van der Waals surface area contributed by atoms with Crippen LogP contribution < -0.4 is 5.56 Å². The van der Waals surface area contributed by atoms with E-state index in [0.717, 1.165) is 12.0 Å². The number of hydrogen-bond donors (Lipinski definition) is 0. The summed E-state index contributed by atoms with van der Waals surface area (Å²) < 4.78 is 1.27. The van der Waals surface area contributed by atoms with E-state index in [0.29, 0.717) is 27.5 Å². The van der Waals surface area contributed by atoms with E-state index in [1.165, 1.54) is 28.6 Å². The fraction of sp³-hybridized carbons (Fsp3) is 0.250. The van der Waals surface area contributed by atoms with Crippen molar-refractivity contribution >= 4 is 40.0 Å². The highest BCUT2D eigenvalue weighted by Gasteiger charge is 2.14. The molecule has 1 heterocycles. The molecule has 5 nitrogen and oxygen atoms in total. The minimum Gasteiger partial charge on any atom is -0.340 e. The molecule has 3 rings (SSSR count). The lowest BCUT2D eigenvalue weighted by molar-refractivity contribution is -0.131. The van der Waals surface area contributed by atoms with E-state index in [1.54, 1.807) is 11.9 Å². The fourth-order valence-corrected chi connectivity index (χ4v) is 3.36. The van der Waals surface area contributed by atoms with Gasteiger partial charge in [0, 0.05) is 18.6 Å². The molecule has 0 unspecified atom stereocenters. The maximum absolute atomic E-state index is 12.7. The Kier molecular flexibility index (Phi) is 5.82. The van der Waals surface area contributed by atoms with Gasteiger partial charge in [-0.3, -0.25) is 14.2 Å². The van der Waals surface area contributed by atoms with Crippen LogP contribution in [0.1, 0.15) is 18.1 Å². The third kappa shape index (κ3) is 4.31. The van der Waals surface area contributed by atoms with Crippen molar-refractivity contribution in [1.82, 2.24) is 14.5 Å². The van der Waals surface area contributed by atoms with Crippen LogP contribution in [0.15, 0.2) is 47.5 Å². The van der Waals surface area contributed by atoms with Crippen LogP contribution in [0.4, 0.5) is 0 Å². The lowest BCUT2D eigenvalue weighted by Crippen LogP contribution is -2.33. The minimum absolute atomic E-state index is 0.102. The summed E-state index contributed by atoms with van der Waals surface area (Å²) in [5, 5.41) is 0.949. The average Bonchev–Trinajstić information content (AvgIpc) is 2.65. The number of hydrogen-bond acceptors (Lipinski definition) is 3. The zero-order valence-electron chi connectivity index (χ0n) is 15.1. The Balaban J connectivity index is 1.78. The predicted molar refractivity (Wildman–Crippen MR) is 108 cm³/mol. The first kappa shape index (κ1) is 19.4. The van der Waals surface area contributed by atoms with Gasteiger partial charge in [0.1, 0.15) is 6.54 Å². The van der Waals surface area contributed by atoms with Gasteiger partial charge in [-0.1, -0.05) is 54.4 Å². The minimum atomic E-state index is -0.349. The normalized spacial score (nSPS) is 11.0. The number of carbonyl (C=O) groups excluding carboxylic acids is 1. The third-order valence-electron chi connectivity index (χ3n) is 4.43. The molecule has 0 aliphatic carbocycles. The van der Waals surface area contributed by atoms with Gasteiger partial charge >= 0.3 is 0 Å². The van der Waals surface area contributed by atoms with Crippen LogP contribution in [-0.4, -0.2) is 27.4 Å². The van der Waals surface area contributed by atoms with E-state index in [-0.39, 0.29) is 18.0 Å². The van der Waals surface area contributed by atoms with Gasteiger partial charge in [-0.05, 0) is 29.7 Å². The van der Waals surface area contributed by atoms with Crippen LogP contribution in [0, 0.1) is 0 Å². The van der Waals surface area contributed by atoms with Gasteiger partial charge in [-0.15, -0.1) is 0 Å². The Labute approximate surface area is 167 Å². The van der Waals surface area contributed by atoms with Crippen molar-refractivity contribution in [1.29, 1.82) is 0 Å². The molecular formula is C20H19Cl2N3O2. The molecule has 0 saturated carbocycles. The van der Waals surface area contributed by atoms with E-state index in [4.69, 9.17) is 23.2 Å². The van der Waals surface area contributed by atoms with Crippen molar-refractivity contribution in [2.75, 3.05) is 7.05 Å². The molecule has 1 amide bonds. The van der Waals surface area contributed by atoms with Crippen LogP contribution in [-0.2, 0) is 24.3 Å². The number of aryl methyl sites for hydroxylation is 1. The second-order valence-electron chi connectivity index (χ2n) is 6.38. The van der Waals surface area contributed by atoms with Crippen molar-refractivity contribution < 1.29 is 4.79 Å². The highest BCUT2D eigenvalue weighted by atomic mass is 35.5. The van der Waals surface area contributed by atoms with Crippen molar-refractivity contribution in [2.24, 2.45) is 0 Å². The number of aromatic nitrogens is 2. The van der Waals surface area contributed by atoms with Crippen molar-refractivity contribution in [2.45, 2.75) is 26.4 Å². The summed E-state index contributed by atoms with van der Waals surface area (Å²) in [6.45, 7) is 2.46. The van der Waals surface area contributed by atoms with Crippen molar-refractivity contribution in [3.05, 3.63) is 74.3 Å². The highest BCUT2D eigenvalue weighted by Crippen LogP contribution is 2.23. The number of fused-ring (bicyclic) bond motifs is 1. The standard InChI is InChI=1S/C20H19Cl2N3O2/c1-3-13-4-6-14(7-5-13)10-24(2)18(26)11-25-12-23-19-16(20(25)27)8-15(21)9-17(19)22/h4-9,12H,3,10-11H2,1-2H3. The Morgan fingerprint density at radius 1 is 1.15 bits per heavy atom. The summed E-state index contributed by atoms with van der Waals surface area (Å²) in [6, 6.07) is 11.2. The molecule has 0 radical (unpaired) electrons. The largest absolute Gasteiger partial charge is 0.340 e. The molecule has 140 valence electrons. The van der Waals surface area contributed by atoms with Crippen LogP contribution >= 0.6 is 23.2 Å². The summed E-state index contributed by atoms with van der Waals surface area (Å²) in [6.07, 6.45) is 2.31. The molecule has 2 aromatic carbocycles. The second kappa shape index (κ2) is 8.11. The molecule has 1 aromatic heterocycles. The van der Waals surface area contributed by atoms with E-state index in [9.17, 15) is 9.59 Å². The van der Waals surface area contributed by atoms with E-state index < -0.39 is 0 Å². The number of nitrogens with zero attached hydrogens (tertiary/aromatic N) is 3. The quantitative estimate of drug-likeness (QED) is 0.648. The maximum atomic E-state index is 12.7. The molecule has 27 heavy (non-hydrogen) atoms. The highest BCUT2D eigenvalue weighted by molar-refractivity contribution is 6.38. The Morgan fingerprint density at radius 3 is 2.48 bits per heavy atom. The molecule has 0 spiro atoms. The molecule has 0 aliphatic rings. The van der Waals surface area contributed by atoms with Gasteiger partial charge in [0.05, 0.1) is 22.3 Å². The topological polar surface area (TPSA) is 55.2 Å². The summed E-state index contributed by atoms with van der Waals surface area (Å²) in [4.78, 5) is 31.0. The van der Waals surface area contributed by atoms with Crippen LogP contribution in [0.2, 0.25) is 10.0 Å². The smallest absolute Gasteiger partial charge is 0.261 e. The van der Waals surface area contributed by atoms with Crippen molar-refractivity contribution in [3.8, 4) is 0 Å². The third-order valence-corrected chi connectivity index (χ3v) is 4.93. The monoisotopic (exact) mass is 403 g/mol. The van der Waals surface area contributed by atoms with Gasteiger partial charge in [-0.25, -0.2) is 4.98 Å². The fourth-order valence-electron chi connectivity index (χ4n) is 2.82. The number of benzene rings is 2. The van der Waals surface area contributed by atoms with Crippen LogP contribution in [0.25, 0.3) is 10.9 Å². The summed E-state index contributed by atoms with van der Waals surface area (Å²) >= 11 is 12.1. The van der Waals surface area contributed by atoms with Crippen molar-refractivity contribution in [3.63, 3.8) is 0 Å². The van der Waals surface area contributed by atoms with Gasteiger partial charge < -0.3 is 4.90 Å². The Hall–Kier alpha value is -2.37. The summed E-state index contributed by atoms with van der Waals surface area (Å²) in [5.41, 5.74) is 2.31. The molecule has 0 fully saturated rings. The number of carbonyl (C=O) groups is 1. The Morgan fingerprint density at radius 2 is 1.81 bits per heavy atom. The SMILES string of the molecule is CCc1ccc(CN(C)C(=O)Cn2cnc3c(Cl)cc(Cl)cc3c2=O)cc1. The Bertz CT molecular complexity index is 1050. The zero-order valence-corrected chi connectivity index (χ0v) is 16.6. The first-order chi connectivity index (χ1) is 12.9. The first-order valence-corrected chi connectivity index (χ1v) is 9.30. The zero-order chi connectivity index (χ0) is 19.6. The van der Waals surface area contributed by atoms with Crippen LogP contribution in [0.5, 0.6) is 0 Å². The molecule has 0 atom stereocenters. The second-order valence-corrected chi connectivity index (χ2v) is 7.22. The predicted octanol–water partition coefficient (Wildman–Crippen LogP) is 3.92. The molecular weight excluding hydrogens is 385 g/mol. The van der Waals surface area contributed by atoms with Gasteiger partial charge in [-0.2, -0.15) is 0 Å². The molecule has 0 bridgehead atoms. The molecule has 3 aromatic rings. The van der Waals surface area contributed by atoms with Crippen LogP contribution in [0.3, 0.4) is 0 Å². The van der Waals surface area contributed by atoms with Gasteiger partial charge in [0.25, 0.3) is 5.56 Å². The summed E-state index contributed by atoms with van der Waals surface area (Å²) in [7, 11) is 1.71. The lowest BCUT2D eigenvalue weighted by atomic mass is 10.1. The lowest BCUT2D eigenvalue weighted by Gasteiger charge is -2.18. The molecule has 0 N–H and O–H groups in total. The van der Waals surface area contributed by atoms with E-state index in [1.807, 2.05) is 12.1 Å². The number of rotatable bonds is 5. The van der Waals surface area contributed by atoms with Gasteiger partial charge in [0.2, 0.25) is 5.91 Å². The van der Waals surface area contributed by atoms with E-state index >= 15 is 0 Å². The first-order valence-electron chi connectivity index (χ1n) is 8.55. The molecule has 0 aliphatic heterocycles. The average molecular weight is 404 g/mol. The number of halogens is 2. The maximum Gasteiger partial charge on any atom is 0.261 e. The number of amides is 1. The summed E-state index contributed by atoms with van der Waals surface area (Å²) in [5.74, 6) is -0.189. The van der Waals surface area contributed by atoms with E-state index in [2.05, 4.69) is 24.0 Å². The molecule has 0 saturated heterocycles. The van der Waals surface area contributed by atoms with Gasteiger partial charge in [0.15, 0.2) is 0 Å². The molecule has 7 heteroatoms. The number of likely N-dealkylation sites (N-methyl/N-ethyl adjacent to an activating group) is 1.